The summed E-state index contributed by atoms with van der Waals surface area (Å²) in [5.74, 6) is 7.68. The molecule has 2 N–H and O–H groups in total. The zero-order chi connectivity index (χ0) is 19.4. The van der Waals surface area contributed by atoms with Crippen LogP contribution in [0.25, 0.3) is 0 Å². The van der Waals surface area contributed by atoms with Crippen molar-refractivity contribution in [3.63, 3.8) is 0 Å². The third-order valence-corrected chi connectivity index (χ3v) is 7.05. The second-order valence-electron chi connectivity index (χ2n) is 8.59. The summed E-state index contributed by atoms with van der Waals surface area (Å²) in [5.41, 5.74) is 1.41. The van der Waals surface area contributed by atoms with Crippen LogP contribution in [0.3, 0.4) is 0 Å². The summed E-state index contributed by atoms with van der Waals surface area (Å²) in [6.45, 7) is 2.20. The topological polar surface area (TPSA) is 66.8 Å². The van der Waals surface area contributed by atoms with Gasteiger partial charge in [0.05, 0.1) is 19.1 Å². The maximum Gasteiger partial charge on any atom is 0.305 e. The quantitative estimate of drug-likeness (QED) is 0.449. The molecule has 3 saturated carbocycles. The molecule has 150 valence electrons. The molecule has 4 nitrogen and oxygen atoms in total. The highest BCUT2D eigenvalue weighted by Gasteiger charge is 2.51. The van der Waals surface area contributed by atoms with Gasteiger partial charge < -0.3 is 14.9 Å². The van der Waals surface area contributed by atoms with Crippen molar-refractivity contribution in [3.8, 4) is 11.8 Å². The van der Waals surface area contributed by atoms with Crippen molar-refractivity contribution in [2.75, 3.05) is 7.11 Å². The predicted octanol–water partition coefficient (Wildman–Crippen LogP) is 3.46. The van der Waals surface area contributed by atoms with Crippen LogP contribution in [0, 0.1) is 41.4 Å². The maximum absolute atomic E-state index is 11.3. The van der Waals surface area contributed by atoms with Gasteiger partial charge >= 0.3 is 5.97 Å². The van der Waals surface area contributed by atoms with Crippen molar-refractivity contribution < 1.29 is 19.7 Å². The molecular formula is C23H34O4. The molecule has 0 aromatic carbocycles. The van der Waals surface area contributed by atoms with E-state index in [-0.39, 0.29) is 11.9 Å². The molecule has 4 heteroatoms. The number of carbonyl (C=O) groups excluding carboxylic acids is 1. The minimum absolute atomic E-state index is 0.0465. The number of hydrogen-bond acceptors (Lipinski definition) is 4. The molecule has 6 atom stereocenters. The SMILES string of the molecule is COC(=O)CCC=C1C(C)[C@@H]2[C@@H](C#CC(O)C3CCCCC3)[C@H](O)CC[C@H]12. The van der Waals surface area contributed by atoms with E-state index < -0.39 is 12.2 Å². The van der Waals surface area contributed by atoms with E-state index in [1.807, 2.05) is 0 Å². The summed E-state index contributed by atoms with van der Waals surface area (Å²) in [4.78, 5) is 11.3. The van der Waals surface area contributed by atoms with E-state index in [0.29, 0.717) is 30.1 Å². The zero-order valence-electron chi connectivity index (χ0n) is 16.7. The summed E-state index contributed by atoms with van der Waals surface area (Å²) in [6.07, 6.45) is 9.93. The Kier molecular flexibility index (Phi) is 7.00. The lowest BCUT2D eigenvalue weighted by Gasteiger charge is -2.53. The first-order valence-corrected chi connectivity index (χ1v) is 10.7. The molecule has 0 saturated heterocycles. The first-order chi connectivity index (χ1) is 13.0. The maximum atomic E-state index is 11.3. The van der Waals surface area contributed by atoms with Crippen LogP contribution in [0.15, 0.2) is 11.6 Å². The molecule has 0 aromatic rings. The number of aliphatic hydroxyl groups excluding tert-OH is 2. The summed E-state index contributed by atoms with van der Waals surface area (Å²) in [5, 5.41) is 21.0. The second-order valence-corrected chi connectivity index (χ2v) is 8.59. The van der Waals surface area contributed by atoms with Gasteiger partial charge in [-0.1, -0.05) is 49.7 Å². The van der Waals surface area contributed by atoms with E-state index in [0.717, 1.165) is 32.1 Å². The van der Waals surface area contributed by atoms with Gasteiger partial charge in [-0.15, -0.1) is 0 Å². The standard InChI is InChI=1S/C23H34O4/c1-15-17(9-6-10-22(26)27-2)18-11-14-21(25)19(23(15)18)12-13-20(24)16-7-4-3-5-8-16/h9,15-16,18-21,23-25H,3-8,10-11,14H2,1-2H3/t15?,18-,19+,20?,21-,23+/m1/s1. The van der Waals surface area contributed by atoms with Crippen molar-refractivity contribution in [2.24, 2.45) is 29.6 Å². The van der Waals surface area contributed by atoms with Crippen LogP contribution in [0.4, 0.5) is 0 Å². The fourth-order valence-electron chi connectivity index (χ4n) is 5.46. The predicted molar refractivity (Wildman–Crippen MR) is 105 cm³/mol. The molecule has 3 rings (SSSR count). The van der Waals surface area contributed by atoms with E-state index in [9.17, 15) is 15.0 Å². The molecule has 3 fully saturated rings. The van der Waals surface area contributed by atoms with Crippen molar-refractivity contribution in [3.05, 3.63) is 11.6 Å². The Labute approximate surface area is 163 Å². The van der Waals surface area contributed by atoms with Gasteiger partial charge in [0.25, 0.3) is 0 Å². The number of allylic oxidation sites excluding steroid dienone is 2. The van der Waals surface area contributed by atoms with Gasteiger partial charge in [0, 0.05) is 6.42 Å². The van der Waals surface area contributed by atoms with E-state index in [4.69, 9.17) is 4.74 Å². The van der Waals surface area contributed by atoms with E-state index in [1.54, 1.807) is 0 Å². The number of methoxy groups -OCH3 is 1. The van der Waals surface area contributed by atoms with Crippen molar-refractivity contribution >= 4 is 5.97 Å². The third-order valence-electron chi connectivity index (χ3n) is 7.05. The molecule has 0 radical (unpaired) electrons. The molecule has 0 aliphatic heterocycles. The zero-order valence-corrected chi connectivity index (χ0v) is 16.7. The van der Waals surface area contributed by atoms with E-state index in [1.165, 1.54) is 31.9 Å². The molecule has 0 aromatic heterocycles. The Hall–Kier alpha value is -1.31. The molecule has 0 spiro atoms. The summed E-state index contributed by atoms with van der Waals surface area (Å²) in [7, 11) is 1.42. The Morgan fingerprint density at radius 3 is 2.70 bits per heavy atom. The Balaban J connectivity index is 1.63. The molecule has 27 heavy (non-hydrogen) atoms. The smallest absolute Gasteiger partial charge is 0.305 e. The summed E-state index contributed by atoms with van der Waals surface area (Å²) >= 11 is 0. The van der Waals surface area contributed by atoms with Gasteiger partial charge in [0.15, 0.2) is 0 Å². The summed E-state index contributed by atoms with van der Waals surface area (Å²) < 4.78 is 4.71. The Morgan fingerprint density at radius 2 is 2.00 bits per heavy atom. The van der Waals surface area contributed by atoms with Gasteiger partial charge in [0.1, 0.15) is 6.10 Å². The van der Waals surface area contributed by atoms with Crippen LogP contribution in [-0.4, -0.2) is 35.5 Å². The van der Waals surface area contributed by atoms with E-state index >= 15 is 0 Å². The molecule has 3 aliphatic rings. The number of carbonyl (C=O) groups is 1. The highest BCUT2D eigenvalue weighted by atomic mass is 16.5. The van der Waals surface area contributed by atoms with Crippen LogP contribution in [-0.2, 0) is 9.53 Å². The fraction of sp³-hybridized carbons (Fsp3) is 0.783. The van der Waals surface area contributed by atoms with Gasteiger partial charge in [-0.2, -0.15) is 0 Å². The van der Waals surface area contributed by atoms with Crippen LogP contribution in [0.5, 0.6) is 0 Å². The molecule has 3 aliphatic carbocycles. The molecule has 0 amide bonds. The van der Waals surface area contributed by atoms with Gasteiger partial charge in [-0.25, -0.2) is 0 Å². The number of aliphatic hydroxyl groups is 2. The number of esters is 1. The van der Waals surface area contributed by atoms with Gasteiger partial charge in [-0.3, -0.25) is 4.79 Å². The minimum atomic E-state index is -0.552. The third kappa shape index (κ3) is 4.58. The van der Waals surface area contributed by atoms with Crippen molar-refractivity contribution in [1.82, 2.24) is 0 Å². The molecule has 2 unspecified atom stereocenters. The fourth-order valence-corrected chi connectivity index (χ4v) is 5.46. The normalized spacial score (nSPS) is 36.1. The van der Waals surface area contributed by atoms with Gasteiger partial charge in [0.2, 0.25) is 0 Å². The van der Waals surface area contributed by atoms with Crippen molar-refractivity contribution in [1.29, 1.82) is 0 Å². The summed E-state index contributed by atoms with van der Waals surface area (Å²) in [6, 6.07) is 0. The average Bonchev–Trinajstić information content (AvgIpc) is 2.70. The van der Waals surface area contributed by atoms with Crippen LogP contribution >= 0.6 is 0 Å². The molecule has 0 bridgehead atoms. The average molecular weight is 375 g/mol. The first-order valence-electron chi connectivity index (χ1n) is 10.7. The Morgan fingerprint density at radius 1 is 1.26 bits per heavy atom. The van der Waals surface area contributed by atoms with E-state index in [2.05, 4.69) is 24.8 Å². The van der Waals surface area contributed by atoms with Crippen LogP contribution in [0.2, 0.25) is 0 Å². The van der Waals surface area contributed by atoms with Gasteiger partial charge in [-0.05, 0) is 55.8 Å². The first kappa shape index (κ1) is 20.4. The minimum Gasteiger partial charge on any atom is -0.469 e. The van der Waals surface area contributed by atoms with Crippen molar-refractivity contribution in [2.45, 2.75) is 76.9 Å². The second kappa shape index (κ2) is 9.26. The molecule has 0 heterocycles. The monoisotopic (exact) mass is 374 g/mol. The van der Waals surface area contributed by atoms with Crippen LogP contribution < -0.4 is 0 Å². The highest BCUT2D eigenvalue weighted by molar-refractivity contribution is 5.69. The largest absolute Gasteiger partial charge is 0.469 e. The number of rotatable bonds is 4. The number of fused-ring (bicyclic) bond motifs is 1. The van der Waals surface area contributed by atoms with Crippen LogP contribution in [0.1, 0.15) is 64.7 Å². The lowest BCUT2D eigenvalue weighted by molar-refractivity contribution is -0.140. The Bertz CT molecular complexity index is 608. The lowest BCUT2D eigenvalue weighted by atomic mass is 9.51. The lowest BCUT2D eigenvalue weighted by Crippen LogP contribution is -2.50. The number of ether oxygens (including phenoxy) is 1. The number of hydrogen-bond donors (Lipinski definition) is 2. The highest BCUT2D eigenvalue weighted by Crippen LogP contribution is 2.55. The molecular weight excluding hydrogens is 340 g/mol.